The largest absolute Gasteiger partial charge is 0.355 e. The zero-order chi connectivity index (χ0) is 11.7. The molecular weight excluding hydrogens is 212 g/mol. The van der Waals surface area contributed by atoms with E-state index in [0.29, 0.717) is 0 Å². The molecule has 1 amide bonds. The van der Waals surface area contributed by atoms with Crippen LogP contribution in [-0.4, -0.2) is 29.9 Å². The fraction of sp³-hybridized carbons (Fsp3) is 0.500. The molecule has 1 unspecified atom stereocenters. The molecular formula is C14H18N2O. The first-order valence-corrected chi connectivity index (χ1v) is 6.43. The average molecular weight is 230 g/mol. The van der Waals surface area contributed by atoms with Crippen LogP contribution < -0.4 is 5.32 Å². The van der Waals surface area contributed by atoms with Crippen molar-refractivity contribution in [2.75, 3.05) is 13.1 Å². The number of carbonyl (C=O) groups is 1. The zero-order valence-corrected chi connectivity index (χ0v) is 9.98. The summed E-state index contributed by atoms with van der Waals surface area (Å²) >= 11 is 0. The number of benzene rings is 1. The maximum Gasteiger partial charge on any atom is 0.237 e. The molecule has 3 heteroatoms. The van der Waals surface area contributed by atoms with Crippen molar-refractivity contribution < 1.29 is 4.79 Å². The van der Waals surface area contributed by atoms with Gasteiger partial charge in [0.2, 0.25) is 5.91 Å². The lowest BCUT2D eigenvalue weighted by Crippen LogP contribution is -2.40. The summed E-state index contributed by atoms with van der Waals surface area (Å²) in [6.07, 6.45) is 3.25. The van der Waals surface area contributed by atoms with Crippen LogP contribution in [-0.2, 0) is 17.8 Å². The molecule has 0 radical (unpaired) electrons. The Bertz CT molecular complexity index is 430. The van der Waals surface area contributed by atoms with Crippen molar-refractivity contribution >= 4 is 5.91 Å². The second kappa shape index (κ2) is 4.49. The van der Waals surface area contributed by atoms with E-state index in [1.54, 1.807) is 0 Å². The lowest BCUT2D eigenvalue weighted by molar-refractivity contribution is -0.123. The van der Waals surface area contributed by atoms with Gasteiger partial charge in [-0.1, -0.05) is 24.3 Å². The van der Waals surface area contributed by atoms with Gasteiger partial charge in [-0.15, -0.1) is 0 Å². The van der Waals surface area contributed by atoms with Gasteiger partial charge < -0.3 is 5.32 Å². The quantitative estimate of drug-likeness (QED) is 0.789. The van der Waals surface area contributed by atoms with E-state index in [-0.39, 0.29) is 11.9 Å². The van der Waals surface area contributed by atoms with Gasteiger partial charge in [-0.2, -0.15) is 0 Å². The number of hydrogen-bond acceptors (Lipinski definition) is 2. The van der Waals surface area contributed by atoms with Gasteiger partial charge in [0.25, 0.3) is 0 Å². The second-order valence-electron chi connectivity index (χ2n) is 4.94. The van der Waals surface area contributed by atoms with Gasteiger partial charge in [0.1, 0.15) is 0 Å². The van der Waals surface area contributed by atoms with Crippen molar-refractivity contribution in [1.29, 1.82) is 0 Å². The molecule has 1 aromatic carbocycles. The van der Waals surface area contributed by atoms with Crippen LogP contribution in [0.3, 0.4) is 0 Å². The Hall–Kier alpha value is -1.35. The third kappa shape index (κ3) is 2.07. The minimum absolute atomic E-state index is 0.0983. The van der Waals surface area contributed by atoms with Crippen LogP contribution in [0.25, 0.3) is 0 Å². The van der Waals surface area contributed by atoms with Crippen LogP contribution in [0.5, 0.6) is 0 Å². The van der Waals surface area contributed by atoms with E-state index in [9.17, 15) is 4.79 Å². The third-order valence-electron chi connectivity index (χ3n) is 3.84. The number of rotatable bonds is 1. The maximum absolute atomic E-state index is 11.7. The smallest absolute Gasteiger partial charge is 0.237 e. The number of amides is 1. The fourth-order valence-corrected chi connectivity index (χ4v) is 2.92. The molecule has 2 heterocycles. The van der Waals surface area contributed by atoms with E-state index in [2.05, 4.69) is 34.5 Å². The van der Waals surface area contributed by atoms with Crippen molar-refractivity contribution in [3.05, 3.63) is 35.4 Å². The number of nitrogens with zero attached hydrogens (tertiary/aromatic N) is 1. The average Bonchev–Trinajstić information content (AvgIpc) is 2.65. The Morgan fingerprint density at radius 1 is 1.24 bits per heavy atom. The van der Waals surface area contributed by atoms with E-state index >= 15 is 0 Å². The predicted molar refractivity (Wildman–Crippen MR) is 66.6 cm³/mol. The topological polar surface area (TPSA) is 32.3 Å². The molecule has 3 nitrogen and oxygen atoms in total. The minimum Gasteiger partial charge on any atom is -0.355 e. The molecule has 1 fully saturated rings. The normalized spacial score (nSPS) is 25.2. The Labute approximate surface area is 102 Å². The highest BCUT2D eigenvalue weighted by Crippen LogP contribution is 2.22. The van der Waals surface area contributed by atoms with E-state index < -0.39 is 0 Å². The zero-order valence-electron chi connectivity index (χ0n) is 9.98. The fourth-order valence-electron chi connectivity index (χ4n) is 2.92. The van der Waals surface area contributed by atoms with Crippen molar-refractivity contribution in [3.8, 4) is 0 Å². The molecule has 0 aromatic heterocycles. The molecule has 3 rings (SSSR count). The van der Waals surface area contributed by atoms with Crippen LogP contribution in [0.4, 0.5) is 0 Å². The van der Waals surface area contributed by atoms with Gasteiger partial charge in [-0.05, 0) is 36.9 Å². The van der Waals surface area contributed by atoms with Crippen LogP contribution >= 0.6 is 0 Å². The number of carbonyl (C=O) groups excluding carboxylic acids is 1. The summed E-state index contributed by atoms with van der Waals surface area (Å²) in [4.78, 5) is 14.1. The molecule has 2 aliphatic heterocycles. The SMILES string of the molecule is O=C1NCCC1N1CCCc2ccccc2C1. The van der Waals surface area contributed by atoms with Crippen LogP contribution in [0.1, 0.15) is 24.0 Å². The number of nitrogens with one attached hydrogen (secondary N) is 1. The summed E-state index contributed by atoms with van der Waals surface area (Å²) < 4.78 is 0. The molecule has 1 N–H and O–H groups in total. The minimum atomic E-state index is 0.0983. The molecule has 1 aromatic rings. The molecule has 90 valence electrons. The summed E-state index contributed by atoms with van der Waals surface area (Å²) in [6.45, 7) is 2.79. The Morgan fingerprint density at radius 3 is 2.82 bits per heavy atom. The number of aryl methyl sites for hydroxylation is 1. The summed E-state index contributed by atoms with van der Waals surface area (Å²) in [5.41, 5.74) is 2.85. The van der Waals surface area contributed by atoms with Crippen molar-refractivity contribution in [2.45, 2.75) is 31.8 Å². The summed E-state index contributed by atoms with van der Waals surface area (Å²) in [7, 11) is 0. The second-order valence-corrected chi connectivity index (χ2v) is 4.94. The van der Waals surface area contributed by atoms with E-state index in [4.69, 9.17) is 0 Å². The van der Waals surface area contributed by atoms with Crippen molar-refractivity contribution in [2.24, 2.45) is 0 Å². The number of hydrogen-bond donors (Lipinski definition) is 1. The Morgan fingerprint density at radius 2 is 2.06 bits per heavy atom. The van der Waals surface area contributed by atoms with Gasteiger partial charge in [0.15, 0.2) is 0 Å². The molecule has 1 saturated heterocycles. The molecule has 0 spiro atoms. The molecule has 2 aliphatic rings. The van der Waals surface area contributed by atoms with E-state index in [0.717, 1.165) is 38.9 Å². The summed E-state index contributed by atoms with van der Waals surface area (Å²) in [5, 5.41) is 2.93. The molecule has 1 atom stereocenters. The Balaban J connectivity index is 1.82. The highest BCUT2D eigenvalue weighted by molar-refractivity contribution is 5.83. The van der Waals surface area contributed by atoms with Crippen LogP contribution in [0.2, 0.25) is 0 Å². The monoisotopic (exact) mass is 230 g/mol. The van der Waals surface area contributed by atoms with Gasteiger partial charge in [-0.25, -0.2) is 0 Å². The maximum atomic E-state index is 11.7. The highest BCUT2D eigenvalue weighted by atomic mass is 16.2. The van der Waals surface area contributed by atoms with E-state index in [1.807, 2.05) is 0 Å². The molecule has 0 bridgehead atoms. The lowest BCUT2D eigenvalue weighted by Gasteiger charge is -2.25. The molecule has 17 heavy (non-hydrogen) atoms. The van der Waals surface area contributed by atoms with Crippen LogP contribution in [0.15, 0.2) is 24.3 Å². The summed E-state index contributed by atoms with van der Waals surface area (Å²) in [5.74, 6) is 0.212. The van der Waals surface area contributed by atoms with Crippen LogP contribution in [0, 0.1) is 0 Å². The van der Waals surface area contributed by atoms with Gasteiger partial charge in [-0.3, -0.25) is 9.69 Å². The van der Waals surface area contributed by atoms with Gasteiger partial charge in [0, 0.05) is 13.1 Å². The highest BCUT2D eigenvalue weighted by Gasteiger charge is 2.31. The van der Waals surface area contributed by atoms with Gasteiger partial charge >= 0.3 is 0 Å². The standard InChI is InChI=1S/C14H18N2O/c17-14-13(7-8-15-14)16-9-3-6-11-4-1-2-5-12(11)10-16/h1-2,4-5,13H,3,6-10H2,(H,15,17). The summed E-state index contributed by atoms with van der Waals surface area (Å²) in [6, 6.07) is 8.71. The molecule has 0 saturated carbocycles. The lowest BCUT2D eigenvalue weighted by atomic mass is 10.0. The molecule has 0 aliphatic carbocycles. The first-order valence-electron chi connectivity index (χ1n) is 6.43. The number of fused-ring (bicyclic) bond motifs is 1. The first kappa shape index (κ1) is 10.8. The Kier molecular flexibility index (Phi) is 2.85. The predicted octanol–water partition coefficient (Wildman–Crippen LogP) is 1.32. The first-order chi connectivity index (χ1) is 8.34. The van der Waals surface area contributed by atoms with Crippen molar-refractivity contribution in [3.63, 3.8) is 0 Å². The van der Waals surface area contributed by atoms with Crippen molar-refractivity contribution in [1.82, 2.24) is 10.2 Å². The van der Waals surface area contributed by atoms with E-state index in [1.165, 1.54) is 11.1 Å². The third-order valence-corrected chi connectivity index (χ3v) is 3.84. The van der Waals surface area contributed by atoms with Gasteiger partial charge in [0.05, 0.1) is 6.04 Å².